The second-order valence-electron chi connectivity index (χ2n) is 9.77. The maximum absolute atomic E-state index is 13.1. The smallest absolute Gasteiger partial charge is 0.491 e. The van der Waals surface area contributed by atoms with Crippen LogP contribution in [0.3, 0.4) is 0 Å². The van der Waals surface area contributed by atoms with E-state index in [-0.39, 0.29) is 35.3 Å². The largest absolute Gasteiger partial charge is 0.504 e. The molecule has 1 aliphatic heterocycles. The highest BCUT2D eigenvalue weighted by Gasteiger charge is 2.42. The number of esters is 2. The molecule has 1 aliphatic rings. The molecule has 0 bridgehead atoms. The van der Waals surface area contributed by atoms with Crippen molar-refractivity contribution in [2.24, 2.45) is 0 Å². The molecule has 2 heterocycles. The zero-order chi connectivity index (χ0) is 31.9. The second-order valence-corrected chi connectivity index (χ2v) is 10.2. The van der Waals surface area contributed by atoms with Gasteiger partial charge >= 0.3 is 18.1 Å². The molecule has 1 aromatic heterocycles. The average molecular weight is 641 g/mol. The minimum Gasteiger partial charge on any atom is -0.504 e. The van der Waals surface area contributed by atoms with E-state index in [4.69, 9.17) is 14.2 Å². The summed E-state index contributed by atoms with van der Waals surface area (Å²) in [4.78, 5) is 25.8. The number of carbonyl (C=O) groups is 2. The Hall–Kier alpha value is -3.86. The third-order valence-electron chi connectivity index (χ3n) is 6.47. The van der Waals surface area contributed by atoms with Gasteiger partial charge < -0.3 is 29.2 Å². The lowest BCUT2D eigenvalue weighted by Crippen LogP contribution is -2.35. The number of nitrogens with zero attached hydrogens (tertiary/aromatic N) is 4. The number of carbonyl (C=O) groups excluding carboxylic acids is 2. The number of thiol groups is 1. The molecule has 0 aliphatic carbocycles. The monoisotopic (exact) mass is 640 g/mol. The minimum absolute atomic E-state index is 0.0561. The molecule has 3 aromatic rings. The first-order valence-electron chi connectivity index (χ1n) is 13.6. The van der Waals surface area contributed by atoms with Crippen LogP contribution in [-0.2, 0) is 25.6 Å². The minimum atomic E-state index is -5.34. The summed E-state index contributed by atoms with van der Waals surface area (Å²) in [5.74, 6) is -4.90. The number of morpholine rings is 1. The number of rotatable bonds is 12. The summed E-state index contributed by atoms with van der Waals surface area (Å²) in [7, 11) is 0. The lowest BCUT2D eigenvalue weighted by Gasteiger charge is -2.26. The van der Waals surface area contributed by atoms with E-state index < -0.39 is 42.3 Å². The summed E-state index contributed by atoms with van der Waals surface area (Å²) in [5.41, 5.74) is 1.27. The van der Waals surface area contributed by atoms with Crippen LogP contribution in [0.25, 0.3) is 17.1 Å². The number of aliphatic hydroxyl groups is 1. The molecule has 1 unspecified atom stereocenters. The van der Waals surface area contributed by atoms with Crippen LogP contribution in [0.4, 0.5) is 13.2 Å². The number of phenols is 1. The van der Waals surface area contributed by atoms with Gasteiger partial charge in [0.15, 0.2) is 28.6 Å². The maximum Gasteiger partial charge on any atom is 0.491 e. The summed E-state index contributed by atoms with van der Waals surface area (Å²) in [5, 5.41) is 28.4. The summed E-state index contributed by atoms with van der Waals surface area (Å²) in [6, 6.07) is 9.04. The van der Waals surface area contributed by atoms with E-state index in [2.05, 4.69) is 32.5 Å². The molecular weight excluding hydrogens is 609 g/mol. The van der Waals surface area contributed by atoms with Crippen molar-refractivity contribution in [2.45, 2.75) is 43.7 Å². The number of ether oxygens (including phenoxy) is 4. The van der Waals surface area contributed by atoms with Crippen LogP contribution in [-0.4, -0.2) is 93.6 Å². The highest BCUT2D eigenvalue weighted by Crippen LogP contribution is 2.41. The molecule has 1 saturated heterocycles. The summed E-state index contributed by atoms with van der Waals surface area (Å²) >= 11 is 4.36. The first-order chi connectivity index (χ1) is 21.0. The SMILES string of the molecule is CCCC(=O)OCC(CO)Oc1cc(-c2nnc(S)n2-c2ccc(CN3CCOCC3)cc2)c(OC(=O)C(F)(F)F)cc1O. The van der Waals surface area contributed by atoms with Gasteiger partial charge in [-0.2, -0.15) is 13.2 Å². The predicted octanol–water partition coefficient (Wildman–Crippen LogP) is 3.31. The van der Waals surface area contributed by atoms with Gasteiger partial charge in [0, 0.05) is 37.8 Å². The van der Waals surface area contributed by atoms with Gasteiger partial charge in [-0.15, -0.1) is 22.8 Å². The number of halogens is 3. The Morgan fingerprint density at radius 1 is 1.11 bits per heavy atom. The van der Waals surface area contributed by atoms with Crippen LogP contribution in [0.2, 0.25) is 0 Å². The van der Waals surface area contributed by atoms with Crippen molar-refractivity contribution < 1.29 is 51.9 Å². The van der Waals surface area contributed by atoms with E-state index in [1.807, 2.05) is 12.1 Å². The van der Waals surface area contributed by atoms with E-state index in [1.165, 1.54) is 4.57 Å². The van der Waals surface area contributed by atoms with Crippen LogP contribution in [0.1, 0.15) is 25.3 Å². The van der Waals surface area contributed by atoms with Crippen molar-refractivity contribution in [1.29, 1.82) is 0 Å². The average Bonchev–Trinajstić information content (AvgIpc) is 3.37. The summed E-state index contributed by atoms with van der Waals surface area (Å²) in [6.07, 6.45) is -5.81. The number of benzene rings is 2. The van der Waals surface area contributed by atoms with Crippen LogP contribution >= 0.6 is 12.6 Å². The summed E-state index contributed by atoms with van der Waals surface area (Å²) < 4.78 is 61.5. The third kappa shape index (κ3) is 8.40. The molecule has 0 amide bonds. The van der Waals surface area contributed by atoms with E-state index in [1.54, 1.807) is 19.1 Å². The Kier molecular flexibility index (Phi) is 11.1. The molecule has 0 radical (unpaired) electrons. The zero-order valence-corrected chi connectivity index (χ0v) is 24.5. The van der Waals surface area contributed by atoms with Gasteiger partial charge in [0.1, 0.15) is 12.4 Å². The highest BCUT2D eigenvalue weighted by molar-refractivity contribution is 7.80. The lowest BCUT2D eigenvalue weighted by molar-refractivity contribution is -0.189. The first-order valence-corrected chi connectivity index (χ1v) is 14.1. The van der Waals surface area contributed by atoms with Crippen molar-refractivity contribution in [1.82, 2.24) is 19.7 Å². The van der Waals surface area contributed by atoms with E-state index >= 15 is 0 Å². The van der Waals surface area contributed by atoms with E-state index in [0.29, 0.717) is 31.9 Å². The van der Waals surface area contributed by atoms with Crippen molar-refractivity contribution in [3.63, 3.8) is 0 Å². The zero-order valence-electron chi connectivity index (χ0n) is 23.6. The van der Waals surface area contributed by atoms with Crippen LogP contribution in [0.5, 0.6) is 17.2 Å². The second kappa shape index (κ2) is 14.7. The number of aromatic hydroxyl groups is 1. The van der Waals surface area contributed by atoms with Crippen molar-refractivity contribution in [3.05, 3.63) is 42.0 Å². The van der Waals surface area contributed by atoms with Gasteiger partial charge in [0.05, 0.1) is 25.4 Å². The Morgan fingerprint density at radius 3 is 2.45 bits per heavy atom. The lowest BCUT2D eigenvalue weighted by atomic mass is 10.1. The number of alkyl halides is 3. The molecule has 4 rings (SSSR count). The molecule has 12 nitrogen and oxygen atoms in total. The fourth-order valence-electron chi connectivity index (χ4n) is 4.28. The fraction of sp³-hybridized carbons (Fsp3) is 0.429. The van der Waals surface area contributed by atoms with Crippen molar-refractivity contribution >= 4 is 24.6 Å². The molecule has 1 atom stereocenters. The third-order valence-corrected chi connectivity index (χ3v) is 6.76. The van der Waals surface area contributed by atoms with Crippen molar-refractivity contribution in [3.8, 4) is 34.3 Å². The number of aliphatic hydroxyl groups excluding tert-OH is 1. The molecule has 16 heteroatoms. The highest BCUT2D eigenvalue weighted by atomic mass is 32.1. The van der Waals surface area contributed by atoms with Gasteiger partial charge in [0.2, 0.25) is 0 Å². The van der Waals surface area contributed by atoms with E-state index in [0.717, 1.165) is 30.8 Å². The molecule has 1 fully saturated rings. The number of aromatic nitrogens is 3. The number of hydrogen-bond acceptors (Lipinski definition) is 12. The van der Waals surface area contributed by atoms with Crippen LogP contribution in [0.15, 0.2) is 41.6 Å². The number of phenolic OH excluding ortho intramolecular Hbond substituents is 1. The molecule has 2 aromatic carbocycles. The topological polar surface area (TPSA) is 145 Å². The Labute approximate surface area is 255 Å². The molecule has 44 heavy (non-hydrogen) atoms. The maximum atomic E-state index is 13.1. The predicted molar refractivity (Wildman–Crippen MR) is 151 cm³/mol. The van der Waals surface area contributed by atoms with Crippen LogP contribution < -0.4 is 9.47 Å². The normalized spacial score (nSPS) is 14.7. The Bertz CT molecular complexity index is 1450. The standard InChI is InChI=1S/C28H31F3N4O8S/c1-2-3-24(38)41-16-19(15-36)42-23-12-20(22(13-21(23)37)43-26(39)28(29,30)31)25-32-33-27(44)35(25)18-6-4-17(5-7-18)14-34-8-10-40-11-9-34/h4-7,12-13,19,36-37H,2-3,8-11,14-16H2,1H3,(H,33,44). The van der Waals surface area contributed by atoms with E-state index in [9.17, 15) is 33.0 Å². The molecule has 0 spiro atoms. The molecule has 238 valence electrons. The molecular formula is C28H31F3N4O8S. The van der Waals surface area contributed by atoms with Gasteiger partial charge in [-0.25, -0.2) is 4.79 Å². The molecule has 0 saturated carbocycles. The number of hydrogen-bond donors (Lipinski definition) is 3. The van der Waals surface area contributed by atoms with Gasteiger partial charge in [-0.05, 0) is 30.2 Å². The Balaban J connectivity index is 1.70. The molecule has 2 N–H and O–H groups in total. The van der Waals surface area contributed by atoms with Crippen molar-refractivity contribution in [2.75, 3.05) is 39.5 Å². The Morgan fingerprint density at radius 2 is 1.82 bits per heavy atom. The van der Waals surface area contributed by atoms with Gasteiger partial charge in [-0.3, -0.25) is 14.3 Å². The quantitative estimate of drug-likeness (QED) is 0.152. The first kappa shape index (κ1) is 33.0. The van der Waals surface area contributed by atoms with Gasteiger partial charge in [-0.1, -0.05) is 19.1 Å². The van der Waals surface area contributed by atoms with Gasteiger partial charge in [0.25, 0.3) is 0 Å². The fourth-order valence-corrected chi connectivity index (χ4v) is 4.54. The van der Waals surface area contributed by atoms with Crippen LogP contribution in [0, 0.1) is 0 Å². The summed E-state index contributed by atoms with van der Waals surface area (Å²) in [6.45, 7) is 4.34.